The third kappa shape index (κ3) is 4.79. The summed E-state index contributed by atoms with van der Waals surface area (Å²) in [6, 6.07) is 4.10. The quantitative estimate of drug-likeness (QED) is 0.822. The predicted molar refractivity (Wildman–Crippen MR) is 110 cm³/mol. The molecule has 3 heterocycles. The first kappa shape index (κ1) is 20.1. The van der Waals surface area contributed by atoms with Crippen LogP contribution in [0.3, 0.4) is 0 Å². The highest BCUT2D eigenvalue weighted by atomic mass is 16.2. The molecule has 6 nitrogen and oxygen atoms in total. The third-order valence-electron chi connectivity index (χ3n) is 6.40. The van der Waals surface area contributed by atoms with Crippen LogP contribution in [0, 0.1) is 11.3 Å². The summed E-state index contributed by atoms with van der Waals surface area (Å²) in [4.78, 5) is 24.4. The number of hydrogen-bond donors (Lipinski definition) is 1. The van der Waals surface area contributed by atoms with Crippen LogP contribution in [0.25, 0.3) is 0 Å². The Balaban J connectivity index is 1.66. The lowest BCUT2D eigenvalue weighted by Crippen LogP contribution is -2.55. The first-order valence-corrected chi connectivity index (χ1v) is 10.3. The van der Waals surface area contributed by atoms with E-state index in [9.17, 15) is 4.79 Å². The number of nitrogens with one attached hydrogen (secondary N) is 1. The molecule has 1 N–H and O–H groups in total. The van der Waals surface area contributed by atoms with Gasteiger partial charge in [0.2, 0.25) is 5.91 Å². The molecular formula is C21H35N5O. The molecule has 1 amide bonds. The van der Waals surface area contributed by atoms with Crippen LogP contribution >= 0.6 is 0 Å². The Morgan fingerprint density at radius 3 is 2.41 bits per heavy atom. The number of rotatable bonds is 6. The maximum Gasteiger partial charge on any atom is 0.228 e. The molecule has 2 fully saturated rings. The van der Waals surface area contributed by atoms with Crippen LogP contribution in [0.2, 0.25) is 0 Å². The van der Waals surface area contributed by atoms with Crippen molar-refractivity contribution in [3.63, 3.8) is 0 Å². The number of pyridine rings is 1. The van der Waals surface area contributed by atoms with E-state index in [1.165, 1.54) is 5.69 Å². The Bertz CT molecular complexity index is 594. The van der Waals surface area contributed by atoms with Gasteiger partial charge in [0, 0.05) is 44.3 Å². The molecular weight excluding hydrogens is 338 g/mol. The van der Waals surface area contributed by atoms with E-state index in [-0.39, 0.29) is 5.41 Å². The van der Waals surface area contributed by atoms with Crippen molar-refractivity contribution in [2.75, 3.05) is 64.8 Å². The summed E-state index contributed by atoms with van der Waals surface area (Å²) < 4.78 is 0. The number of aromatic nitrogens is 1. The van der Waals surface area contributed by atoms with Gasteiger partial charge in [-0.3, -0.25) is 9.78 Å². The smallest absolute Gasteiger partial charge is 0.228 e. The van der Waals surface area contributed by atoms with Gasteiger partial charge in [0.15, 0.2) is 0 Å². The molecule has 0 saturated carbocycles. The molecule has 6 heteroatoms. The first-order chi connectivity index (χ1) is 13.0. The van der Waals surface area contributed by atoms with E-state index in [0.29, 0.717) is 11.8 Å². The van der Waals surface area contributed by atoms with Gasteiger partial charge >= 0.3 is 0 Å². The minimum absolute atomic E-state index is 0.259. The van der Waals surface area contributed by atoms with Crippen LogP contribution < -0.4 is 10.2 Å². The average Bonchev–Trinajstić information content (AvgIpc) is 2.73. The zero-order valence-electron chi connectivity index (χ0n) is 17.2. The summed E-state index contributed by atoms with van der Waals surface area (Å²) in [7, 11) is 4.20. The second-order valence-electron chi connectivity index (χ2n) is 8.48. The van der Waals surface area contributed by atoms with Crippen molar-refractivity contribution >= 4 is 11.6 Å². The number of carbonyl (C=O) groups is 1. The highest BCUT2D eigenvalue weighted by molar-refractivity contribution is 5.83. The van der Waals surface area contributed by atoms with Gasteiger partial charge in [-0.05, 0) is 71.0 Å². The maximum atomic E-state index is 13.6. The summed E-state index contributed by atoms with van der Waals surface area (Å²) in [6.07, 6.45) is 6.82. The Kier molecular flexibility index (Phi) is 6.71. The number of hydrogen-bond acceptors (Lipinski definition) is 5. The van der Waals surface area contributed by atoms with Gasteiger partial charge in [-0.1, -0.05) is 6.92 Å². The van der Waals surface area contributed by atoms with Gasteiger partial charge < -0.3 is 20.0 Å². The Labute approximate surface area is 163 Å². The fraction of sp³-hybridized carbons (Fsp3) is 0.714. The molecule has 1 aromatic heterocycles. The average molecular weight is 374 g/mol. The van der Waals surface area contributed by atoms with Gasteiger partial charge in [-0.15, -0.1) is 0 Å². The number of carbonyl (C=O) groups excluding carboxylic acids is 1. The van der Waals surface area contributed by atoms with Crippen LogP contribution in [0.5, 0.6) is 0 Å². The van der Waals surface area contributed by atoms with E-state index >= 15 is 0 Å². The first-order valence-electron chi connectivity index (χ1n) is 10.3. The number of anilines is 1. The van der Waals surface area contributed by atoms with E-state index < -0.39 is 0 Å². The summed E-state index contributed by atoms with van der Waals surface area (Å²) in [6.45, 7) is 8.66. The topological polar surface area (TPSA) is 51.7 Å². The second kappa shape index (κ2) is 9.02. The summed E-state index contributed by atoms with van der Waals surface area (Å²) >= 11 is 0. The lowest BCUT2D eigenvalue weighted by Gasteiger charge is -2.45. The van der Waals surface area contributed by atoms with E-state index in [0.717, 1.165) is 65.1 Å². The molecule has 3 rings (SSSR count). The highest BCUT2D eigenvalue weighted by Gasteiger charge is 2.43. The molecule has 2 aliphatic heterocycles. The number of amides is 1. The third-order valence-corrected chi connectivity index (χ3v) is 6.40. The van der Waals surface area contributed by atoms with Crippen molar-refractivity contribution in [1.29, 1.82) is 0 Å². The zero-order valence-corrected chi connectivity index (χ0v) is 17.2. The number of nitrogens with zero attached hydrogens (tertiary/aromatic N) is 4. The van der Waals surface area contributed by atoms with Crippen molar-refractivity contribution in [2.45, 2.75) is 26.2 Å². The Morgan fingerprint density at radius 2 is 1.81 bits per heavy atom. The highest BCUT2D eigenvalue weighted by Crippen LogP contribution is 2.39. The van der Waals surface area contributed by atoms with Crippen molar-refractivity contribution < 1.29 is 4.79 Å². The van der Waals surface area contributed by atoms with Crippen LogP contribution in [-0.2, 0) is 4.79 Å². The Morgan fingerprint density at radius 1 is 1.19 bits per heavy atom. The lowest BCUT2D eigenvalue weighted by atomic mass is 9.69. The molecule has 2 aliphatic rings. The van der Waals surface area contributed by atoms with E-state index in [4.69, 9.17) is 0 Å². The molecule has 0 aromatic carbocycles. The van der Waals surface area contributed by atoms with Crippen molar-refractivity contribution in [3.8, 4) is 0 Å². The molecule has 0 bridgehead atoms. The van der Waals surface area contributed by atoms with Gasteiger partial charge in [0.05, 0.1) is 5.41 Å². The summed E-state index contributed by atoms with van der Waals surface area (Å²) in [5, 5.41) is 3.45. The largest absolute Gasteiger partial charge is 0.368 e. The lowest BCUT2D eigenvalue weighted by molar-refractivity contribution is -0.146. The van der Waals surface area contributed by atoms with Gasteiger partial charge in [0.1, 0.15) is 0 Å². The fourth-order valence-corrected chi connectivity index (χ4v) is 4.48. The Hall–Kier alpha value is -1.66. The normalized spacial score (nSPS) is 21.3. The van der Waals surface area contributed by atoms with E-state index in [2.05, 4.69) is 46.0 Å². The van der Waals surface area contributed by atoms with Gasteiger partial charge in [-0.2, -0.15) is 0 Å². The van der Waals surface area contributed by atoms with Crippen molar-refractivity contribution in [2.24, 2.45) is 11.3 Å². The van der Waals surface area contributed by atoms with Crippen molar-refractivity contribution in [3.05, 3.63) is 24.5 Å². The molecule has 150 valence electrons. The van der Waals surface area contributed by atoms with Gasteiger partial charge in [0.25, 0.3) is 0 Å². The molecule has 2 saturated heterocycles. The number of piperazine rings is 1. The standard InChI is InChI=1S/C21H35N5O/c1-21(8-13-24(2)3,18-4-9-22-10-5-18)20(27)26-16-14-25(15-17-26)19-6-11-23-12-7-19/h6-7,11-12,18,22H,4-5,8-10,13-17H2,1-3H3. The molecule has 0 aliphatic carbocycles. The van der Waals surface area contributed by atoms with E-state index in [1.54, 1.807) is 0 Å². The monoisotopic (exact) mass is 373 g/mol. The summed E-state index contributed by atoms with van der Waals surface area (Å²) in [5.41, 5.74) is 0.941. The maximum absolute atomic E-state index is 13.6. The van der Waals surface area contributed by atoms with Crippen LogP contribution in [-0.4, -0.2) is 80.6 Å². The van der Waals surface area contributed by atoms with Crippen LogP contribution in [0.4, 0.5) is 5.69 Å². The molecule has 1 unspecified atom stereocenters. The predicted octanol–water partition coefficient (Wildman–Crippen LogP) is 1.69. The SMILES string of the molecule is CN(C)CCC(C)(C(=O)N1CCN(c2ccncc2)CC1)C1CCNCC1. The molecule has 0 radical (unpaired) electrons. The molecule has 1 atom stereocenters. The fourth-order valence-electron chi connectivity index (χ4n) is 4.48. The van der Waals surface area contributed by atoms with Gasteiger partial charge in [-0.25, -0.2) is 0 Å². The molecule has 0 spiro atoms. The van der Waals surface area contributed by atoms with E-state index in [1.807, 2.05) is 24.5 Å². The van der Waals surface area contributed by atoms with Crippen LogP contribution in [0.15, 0.2) is 24.5 Å². The van der Waals surface area contributed by atoms with Crippen LogP contribution in [0.1, 0.15) is 26.2 Å². The minimum Gasteiger partial charge on any atom is -0.368 e. The molecule has 1 aromatic rings. The minimum atomic E-state index is -0.259. The summed E-state index contributed by atoms with van der Waals surface area (Å²) in [5.74, 6) is 0.843. The molecule has 27 heavy (non-hydrogen) atoms. The van der Waals surface area contributed by atoms with Crippen molar-refractivity contribution in [1.82, 2.24) is 20.1 Å². The second-order valence-corrected chi connectivity index (χ2v) is 8.48. The zero-order chi connectivity index (χ0) is 19.3. The number of piperidine rings is 1.